The van der Waals surface area contributed by atoms with Gasteiger partial charge in [-0.2, -0.15) is 0 Å². The van der Waals surface area contributed by atoms with E-state index < -0.39 is 0 Å². The van der Waals surface area contributed by atoms with Gasteiger partial charge in [0.25, 0.3) is 0 Å². The SMILES string of the molecule is C1CNC(C2=NCC(C3CC3)O2)C1. The van der Waals surface area contributed by atoms with Crippen LogP contribution in [0.2, 0.25) is 0 Å². The lowest BCUT2D eigenvalue weighted by atomic mass is 10.2. The Labute approximate surface area is 78.6 Å². The molecule has 2 heterocycles. The van der Waals surface area contributed by atoms with Crippen molar-refractivity contribution in [2.45, 2.75) is 37.8 Å². The van der Waals surface area contributed by atoms with Crippen molar-refractivity contribution in [2.24, 2.45) is 10.9 Å². The molecule has 0 spiro atoms. The van der Waals surface area contributed by atoms with Gasteiger partial charge in [-0.15, -0.1) is 0 Å². The van der Waals surface area contributed by atoms with Gasteiger partial charge >= 0.3 is 0 Å². The normalized spacial score (nSPS) is 38.9. The molecule has 0 bridgehead atoms. The maximum atomic E-state index is 5.86. The second-order valence-corrected chi connectivity index (χ2v) is 4.32. The van der Waals surface area contributed by atoms with Crippen molar-refractivity contribution in [1.82, 2.24) is 5.32 Å². The highest BCUT2D eigenvalue weighted by Crippen LogP contribution is 2.36. The second kappa shape index (κ2) is 2.98. The van der Waals surface area contributed by atoms with Gasteiger partial charge in [0.2, 0.25) is 5.90 Å². The van der Waals surface area contributed by atoms with Gasteiger partial charge in [0, 0.05) is 0 Å². The number of hydrogen-bond acceptors (Lipinski definition) is 3. The molecule has 3 nitrogen and oxygen atoms in total. The van der Waals surface area contributed by atoms with Gasteiger partial charge in [-0.25, -0.2) is 0 Å². The Morgan fingerprint density at radius 2 is 2.23 bits per heavy atom. The predicted molar refractivity (Wildman–Crippen MR) is 50.9 cm³/mol. The van der Waals surface area contributed by atoms with Gasteiger partial charge in [-0.3, -0.25) is 4.99 Å². The Kier molecular flexibility index (Phi) is 1.79. The van der Waals surface area contributed by atoms with Crippen LogP contribution in [-0.4, -0.2) is 31.1 Å². The molecule has 3 rings (SSSR count). The Morgan fingerprint density at radius 3 is 2.92 bits per heavy atom. The van der Waals surface area contributed by atoms with Crippen molar-refractivity contribution in [3.05, 3.63) is 0 Å². The molecule has 13 heavy (non-hydrogen) atoms. The summed E-state index contributed by atoms with van der Waals surface area (Å²) in [7, 11) is 0. The van der Waals surface area contributed by atoms with Crippen molar-refractivity contribution >= 4 is 5.90 Å². The number of hydrogen-bond donors (Lipinski definition) is 1. The number of ether oxygens (including phenoxy) is 1. The summed E-state index contributed by atoms with van der Waals surface area (Å²) in [5, 5.41) is 3.42. The van der Waals surface area contributed by atoms with Gasteiger partial charge in [0.15, 0.2) is 0 Å². The molecule has 2 atom stereocenters. The molecular formula is C10H16N2O. The minimum absolute atomic E-state index is 0.428. The smallest absolute Gasteiger partial charge is 0.201 e. The molecule has 0 aromatic rings. The highest BCUT2D eigenvalue weighted by molar-refractivity contribution is 5.83. The van der Waals surface area contributed by atoms with Gasteiger partial charge in [0.05, 0.1) is 12.6 Å². The van der Waals surface area contributed by atoms with E-state index in [1.807, 2.05) is 0 Å². The topological polar surface area (TPSA) is 33.6 Å². The Balaban J connectivity index is 1.60. The van der Waals surface area contributed by atoms with E-state index >= 15 is 0 Å². The van der Waals surface area contributed by atoms with Crippen molar-refractivity contribution < 1.29 is 4.74 Å². The van der Waals surface area contributed by atoms with E-state index in [9.17, 15) is 0 Å². The predicted octanol–water partition coefficient (Wildman–Crippen LogP) is 0.946. The first-order valence-electron chi connectivity index (χ1n) is 5.38. The lowest BCUT2D eigenvalue weighted by Gasteiger charge is -2.13. The van der Waals surface area contributed by atoms with E-state index in [0.717, 1.165) is 24.9 Å². The van der Waals surface area contributed by atoms with Crippen molar-refractivity contribution in [3.8, 4) is 0 Å². The molecule has 72 valence electrons. The van der Waals surface area contributed by atoms with Crippen LogP contribution in [0.4, 0.5) is 0 Å². The van der Waals surface area contributed by atoms with Crippen LogP contribution in [0.3, 0.4) is 0 Å². The fraction of sp³-hybridized carbons (Fsp3) is 0.900. The van der Waals surface area contributed by atoms with Crippen molar-refractivity contribution in [3.63, 3.8) is 0 Å². The standard InChI is InChI=1S/C10H16N2O/c1-2-8(11-5-1)10-12-6-9(13-10)7-3-4-7/h7-9,11H,1-6H2. The average molecular weight is 180 g/mol. The number of nitrogens with one attached hydrogen (secondary N) is 1. The molecule has 3 heteroatoms. The summed E-state index contributed by atoms with van der Waals surface area (Å²) in [6.45, 7) is 2.04. The van der Waals surface area contributed by atoms with Crippen molar-refractivity contribution in [2.75, 3.05) is 13.1 Å². The maximum absolute atomic E-state index is 5.86. The zero-order valence-electron chi connectivity index (χ0n) is 7.83. The van der Waals surface area contributed by atoms with Crippen LogP contribution in [0, 0.1) is 5.92 Å². The van der Waals surface area contributed by atoms with Gasteiger partial charge in [-0.05, 0) is 38.1 Å². The molecule has 0 aromatic heterocycles. The van der Waals surface area contributed by atoms with Crippen LogP contribution in [-0.2, 0) is 4.74 Å². The molecule has 0 radical (unpaired) electrons. The number of nitrogens with zero attached hydrogens (tertiary/aromatic N) is 1. The summed E-state index contributed by atoms with van der Waals surface area (Å²) in [5.41, 5.74) is 0. The van der Waals surface area contributed by atoms with E-state index in [1.54, 1.807) is 0 Å². The minimum atomic E-state index is 0.428. The summed E-state index contributed by atoms with van der Waals surface area (Å²) < 4.78 is 5.86. The summed E-state index contributed by atoms with van der Waals surface area (Å²) >= 11 is 0. The summed E-state index contributed by atoms with van der Waals surface area (Å²) in [6.07, 6.45) is 5.60. The van der Waals surface area contributed by atoms with Crippen LogP contribution in [0.25, 0.3) is 0 Å². The van der Waals surface area contributed by atoms with Crippen molar-refractivity contribution in [1.29, 1.82) is 0 Å². The first-order chi connectivity index (χ1) is 6.43. The van der Waals surface area contributed by atoms with E-state index in [4.69, 9.17) is 4.74 Å². The van der Waals surface area contributed by atoms with E-state index in [2.05, 4.69) is 10.3 Å². The zero-order chi connectivity index (χ0) is 8.67. The molecule has 3 aliphatic rings. The monoisotopic (exact) mass is 180 g/mol. The molecule has 1 aliphatic carbocycles. The first kappa shape index (κ1) is 7.80. The fourth-order valence-corrected chi connectivity index (χ4v) is 2.21. The molecule has 1 saturated heterocycles. The lowest BCUT2D eigenvalue weighted by molar-refractivity contribution is 0.191. The average Bonchev–Trinajstić information content (AvgIpc) is 2.72. The van der Waals surface area contributed by atoms with Crippen LogP contribution in [0.5, 0.6) is 0 Å². The van der Waals surface area contributed by atoms with Gasteiger partial charge in [0.1, 0.15) is 6.10 Å². The Morgan fingerprint density at radius 1 is 1.31 bits per heavy atom. The number of aliphatic imine (C=N–C) groups is 1. The third kappa shape index (κ3) is 1.46. The molecule has 2 aliphatic heterocycles. The number of rotatable bonds is 2. The highest BCUT2D eigenvalue weighted by Gasteiger charge is 2.38. The van der Waals surface area contributed by atoms with Crippen LogP contribution < -0.4 is 5.32 Å². The largest absolute Gasteiger partial charge is 0.474 e. The van der Waals surface area contributed by atoms with Crippen LogP contribution in [0.1, 0.15) is 25.7 Å². The van der Waals surface area contributed by atoms with Gasteiger partial charge in [-0.1, -0.05) is 0 Å². The Bertz CT molecular complexity index is 229. The molecule has 0 amide bonds. The minimum Gasteiger partial charge on any atom is -0.474 e. The highest BCUT2D eigenvalue weighted by atomic mass is 16.5. The van der Waals surface area contributed by atoms with E-state index in [-0.39, 0.29) is 0 Å². The third-order valence-corrected chi connectivity index (χ3v) is 3.21. The molecule has 1 saturated carbocycles. The molecule has 2 unspecified atom stereocenters. The lowest BCUT2D eigenvalue weighted by Crippen LogP contribution is -2.32. The fourth-order valence-electron chi connectivity index (χ4n) is 2.21. The summed E-state index contributed by atoms with van der Waals surface area (Å²) in [6, 6.07) is 0.434. The summed E-state index contributed by atoms with van der Waals surface area (Å²) in [5.74, 6) is 1.82. The first-order valence-corrected chi connectivity index (χ1v) is 5.38. The molecule has 1 N–H and O–H groups in total. The Hall–Kier alpha value is -0.570. The maximum Gasteiger partial charge on any atom is 0.201 e. The van der Waals surface area contributed by atoms with Crippen LogP contribution in [0.15, 0.2) is 4.99 Å². The van der Waals surface area contributed by atoms with Crippen LogP contribution >= 0.6 is 0 Å². The van der Waals surface area contributed by atoms with Gasteiger partial charge < -0.3 is 10.1 Å². The molecule has 2 fully saturated rings. The molecule has 0 aromatic carbocycles. The zero-order valence-corrected chi connectivity index (χ0v) is 7.83. The van der Waals surface area contributed by atoms with E-state index in [1.165, 1.54) is 25.7 Å². The molecular weight excluding hydrogens is 164 g/mol. The second-order valence-electron chi connectivity index (χ2n) is 4.32. The summed E-state index contributed by atoms with van der Waals surface area (Å²) in [4.78, 5) is 4.49. The third-order valence-electron chi connectivity index (χ3n) is 3.21. The van der Waals surface area contributed by atoms with E-state index in [0.29, 0.717) is 12.1 Å². The quantitative estimate of drug-likeness (QED) is 0.686.